The van der Waals surface area contributed by atoms with E-state index in [1.54, 1.807) is 13.2 Å². The third-order valence-electron chi connectivity index (χ3n) is 6.63. The smallest absolute Gasteiger partial charge is 0.341 e. The van der Waals surface area contributed by atoms with Crippen LogP contribution in [0.2, 0.25) is 0 Å². The van der Waals surface area contributed by atoms with Crippen molar-refractivity contribution < 1.29 is 19.0 Å². The van der Waals surface area contributed by atoms with E-state index < -0.39 is 5.97 Å². The number of methoxy groups -OCH3 is 2. The molecule has 35 heavy (non-hydrogen) atoms. The van der Waals surface area contributed by atoms with Gasteiger partial charge in [0.05, 0.1) is 31.4 Å². The van der Waals surface area contributed by atoms with Gasteiger partial charge >= 0.3 is 5.97 Å². The molecule has 188 valence electrons. The third kappa shape index (κ3) is 5.39. The molecular weight excluding hydrogens is 442 g/mol. The molecular formula is C28H37N3O4. The standard InChI is InChI=1S/C28H37N3O4/c1-17(2)35-21-10-8-19(9-11-21)29-27-30-23-13-22(26(32)34-7)25(33-6)14-24(23)31(27)20-12-18(3)15-28(4,5)16-20/h8-11,13-14,17-18,20H,12,15-16H2,1-7H3,(H,29,30)/t18-,20+/m0/s1. The lowest BCUT2D eigenvalue weighted by Crippen LogP contribution is -2.29. The van der Waals surface area contributed by atoms with Crippen LogP contribution in [-0.4, -0.2) is 35.8 Å². The van der Waals surface area contributed by atoms with E-state index in [9.17, 15) is 4.79 Å². The molecule has 0 spiro atoms. The minimum absolute atomic E-state index is 0.119. The highest BCUT2D eigenvalue weighted by molar-refractivity contribution is 5.97. The number of carbonyl (C=O) groups is 1. The first-order chi connectivity index (χ1) is 16.6. The minimum Gasteiger partial charge on any atom is -0.496 e. The first-order valence-electron chi connectivity index (χ1n) is 12.3. The molecule has 1 N–H and O–H groups in total. The lowest BCUT2D eigenvalue weighted by molar-refractivity contribution is 0.0597. The first-order valence-corrected chi connectivity index (χ1v) is 12.3. The number of nitrogens with one attached hydrogen (secondary N) is 1. The monoisotopic (exact) mass is 479 g/mol. The number of fused-ring (bicyclic) bond motifs is 1. The molecule has 1 aromatic heterocycles. The molecule has 0 saturated heterocycles. The lowest BCUT2D eigenvalue weighted by Gasteiger charge is -2.40. The first kappa shape index (κ1) is 24.9. The summed E-state index contributed by atoms with van der Waals surface area (Å²) in [5.74, 6) is 2.21. The van der Waals surface area contributed by atoms with E-state index in [1.807, 2.05) is 44.2 Å². The Hall–Kier alpha value is -3.22. The third-order valence-corrected chi connectivity index (χ3v) is 6.63. The number of anilines is 2. The van der Waals surface area contributed by atoms with Gasteiger partial charge in [0.2, 0.25) is 5.95 Å². The Morgan fingerprint density at radius 1 is 1.14 bits per heavy atom. The van der Waals surface area contributed by atoms with Gasteiger partial charge in [-0.1, -0.05) is 20.8 Å². The van der Waals surface area contributed by atoms with Crippen molar-refractivity contribution in [3.8, 4) is 11.5 Å². The number of benzene rings is 2. The number of hydrogen-bond donors (Lipinski definition) is 1. The van der Waals surface area contributed by atoms with Crippen molar-refractivity contribution in [2.45, 2.75) is 66.0 Å². The zero-order valence-corrected chi connectivity index (χ0v) is 21.8. The van der Waals surface area contributed by atoms with Gasteiger partial charge in [-0.05, 0) is 74.8 Å². The average molecular weight is 480 g/mol. The van der Waals surface area contributed by atoms with Gasteiger partial charge in [0.15, 0.2) is 0 Å². The van der Waals surface area contributed by atoms with Crippen LogP contribution in [0.4, 0.5) is 11.6 Å². The molecule has 2 aromatic carbocycles. The van der Waals surface area contributed by atoms with E-state index in [-0.39, 0.29) is 17.6 Å². The number of hydrogen-bond acceptors (Lipinski definition) is 6. The van der Waals surface area contributed by atoms with E-state index in [1.165, 1.54) is 13.5 Å². The van der Waals surface area contributed by atoms with Crippen LogP contribution >= 0.6 is 0 Å². The van der Waals surface area contributed by atoms with Crippen LogP contribution in [0.15, 0.2) is 36.4 Å². The van der Waals surface area contributed by atoms with Crippen LogP contribution in [0.1, 0.15) is 70.3 Å². The Morgan fingerprint density at radius 2 is 1.86 bits per heavy atom. The minimum atomic E-state index is -0.444. The van der Waals surface area contributed by atoms with E-state index in [0.717, 1.165) is 41.3 Å². The number of carbonyl (C=O) groups excluding carboxylic acids is 1. The molecule has 7 nitrogen and oxygen atoms in total. The number of aromatic nitrogens is 2. The van der Waals surface area contributed by atoms with E-state index in [4.69, 9.17) is 19.2 Å². The van der Waals surface area contributed by atoms with Crippen LogP contribution in [0, 0.1) is 11.3 Å². The molecule has 1 fully saturated rings. The van der Waals surface area contributed by atoms with Gasteiger partial charge in [-0.25, -0.2) is 9.78 Å². The fourth-order valence-corrected chi connectivity index (χ4v) is 5.53. The van der Waals surface area contributed by atoms with Crippen LogP contribution < -0.4 is 14.8 Å². The second-order valence-corrected chi connectivity index (χ2v) is 10.7. The second kappa shape index (κ2) is 9.80. The molecule has 0 bridgehead atoms. The molecule has 7 heteroatoms. The summed E-state index contributed by atoms with van der Waals surface area (Å²) < 4.78 is 18.6. The van der Waals surface area contributed by atoms with Gasteiger partial charge in [0.1, 0.15) is 17.1 Å². The van der Waals surface area contributed by atoms with Crippen molar-refractivity contribution in [1.29, 1.82) is 0 Å². The molecule has 0 radical (unpaired) electrons. The van der Waals surface area contributed by atoms with Gasteiger partial charge in [0, 0.05) is 17.8 Å². The molecule has 1 heterocycles. The molecule has 1 aliphatic rings. The molecule has 1 aliphatic carbocycles. The van der Waals surface area contributed by atoms with Crippen LogP contribution in [0.25, 0.3) is 11.0 Å². The Balaban J connectivity index is 1.81. The molecule has 4 rings (SSSR count). The zero-order chi connectivity index (χ0) is 25.3. The maximum atomic E-state index is 12.4. The fourth-order valence-electron chi connectivity index (χ4n) is 5.53. The average Bonchev–Trinajstić information content (AvgIpc) is 3.13. The zero-order valence-electron chi connectivity index (χ0n) is 21.8. The SMILES string of the molecule is COC(=O)c1cc2nc(Nc3ccc(OC(C)C)cc3)n([C@@H]3C[C@H](C)CC(C)(C)C3)c2cc1OC. The fraction of sp³-hybridized carbons (Fsp3) is 0.500. The summed E-state index contributed by atoms with van der Waals surface area (Å²) in [6.45, 7) is 11.0. The van der Waals surface area contributed by atoms with Gasteiger partial charge < -0.3 is 24.1 Å². The number of ether oxygens (including phenoxy) is 3. The normalized spacial score (nSPS) is 19.5. The van der Waals surface area contributed by atoms with Gasteiger partial charge in [-0.15, -0.1) is 0 Å². The number of esters is 1. The van der Waals surface area contributed by atoms with Crippen LogP contribution in [0.3, 0.4) is 0 Å². The second-order valence-electron chi connectivity index (χ2n) is 10.7. The number of imidazole rings is 1. The maximum Gasteiger partial charge on any atom is 0.341 e. The van der Waals surface area contributed by atoms with Crippen molar-refractivity contribution in [3.05, 3.63) is 42.0 Å². The Labute approximate surface area is 207 Å². The molecule has 0 aliphatic heterocycles. The van der Waals surface area contributed by atoms with Gasteiger partial charge in [0.25, 0.3) is 0 Å². The molecule has 1 saturated carbocycles. The number of rotatable bonds is 7. The van der Waals surface area contributed by atoms with Crippen molar-refractivity contribution in [1.82, 2.24) is 9.55 Å². The predicted octanol–water partition coefficient (Wildman–Crippen LogP) is 6.75. The van der Waals surface area contributed by atoms with Crippen LogP contribution in [-0.2, 0) is 4.74 Å². The van der Waals surface area contributed by atoms with Crippen molar-refractivity contribution >= 4 is 28.6 Å². The topological polar surface area (TPSA) is 74.6 Å². The summed E-state index contributed by atoms with van der Waals surface area (Å²) in [7, 11) is 2.94. The van der Waals surface area contributed by atoms with Crippen molar-refractivity contribution in [2.24, 2.45) is 11.3 Å². The Kier molecular flexibility index (Phi) is 6.97. The lowest BCUT2D eigenvalue weighted by atomic mass is 9.70. The Bertz CT molecular complexity index is 1200. The quantitative estimate of drug-likeness (QED) is 0.378. The highest BCUT2D eigenvalue weighted by Crippen LogP contribution is 2.46. The van der Waals surface area contributed by atoms with E-state index in [2.05, 4.69) is 30.7 Å². The van der Waals surface area contributed by atoms with Gasteiger partial charge in [-0.3, -0.25) is 0 Å². The summed E-state index contributed by atoms with van der Waals surface area (Å²) in [5, 5.41) is 3.52. The Morgan fingerprint density at radius 3 is 2.46 bits per heavy atom. The summed E-state index contributed by atoms with van der Waals surface area (Å²) in [4.78, 5) is 17.3. The summed E-state index contributed by atoms with van der Waals surface area (Å²) >= 11 is 0. The van der Waals surface area contributed by atoms with Crippen molar-refractivity contribution in [3.63, 3.8) is 0 Å². The van der Waals surface area contributed by atoms with E-state index >= 15 is 0 Å². The maximum absolute atomic E-state index is 12.4. The highest BCUT2D eigenvalue weighted by Gasteiger charge is 2.35. The predicted molar refractivity (Wildman–Crippen MR) is 139 cm³/mol. The molecule has 0 unspecified atom stereocenters. The van der Waals surface area contributed by atoms with E-state index in [0.29, 0.717) is 17.2 Å². The number of nitrogens with zero attached hydrogens (tertiary/aromatic N) is 2. The summed E-state index contributed by atoms with van der Waals surface area (Å²) in [6.07, 6.45) is 3.42. The summed E-state index contributed by atoms with van der Waals surface area (Å²) in [5.41, 5.74) is 3.17. The van der Waals surface area contributed by atoms with Gasteiger partial charge in [-0.2, -0.15) is 0 Å². The molecule has 0 amide bonds. The largest absolute Gasteiger partial charge is 0.496 e. The van der Waals surface area contributed by atoms with Crippen molar-refractivity contribution in [2.75, 3.05) is 19.5 Å². The molecule has 2 atom stereocenters. The highest BCUT2D eigenvalue weighted by atomic mass is 16.5. The van der Waals surface area contributed by atoms with Crippen LogP contribution in [0.5, 0.6) is 11.5 Å². The summed E-state index contributed by atoms with van der Waals surface area (Å²) in [6, 6.07) is 11.8. The molecule has 3 aromatic rings.